The zero-order valence-corrected chi connectivity index (χ0v) is 9.15. The van der Waals surface area contributed by atoms with Gasteiger partial charge in [0.1, 0.15) is 0 Å². The molecule has 6 heteroatoms. The highest BCUT2D eigenvalue weighted by atomic mass is 32.2. The average Bonchev–Trinajstić information content (AvgIpc) is 2.17. The molecule has 0 radical (unpaired) electrons. The fourth-order valence-corrected chi connectivity index (χ4v) is 1.88. The third-order valence-electron chi connectivity index (χ3n) is 1.88. The molecular weight excluding hydrogens is 218 g/mol. The normalized spacial score (nSPS) is 11.7. The number of rotatable bonds is 3. The van der Waals surface area contributed by atoms with Crippen molar-refractivity contribution in [3.8, 4) is 0 Å². The van der Waals surface area contributed by atoms with Crippen LogP contribution >= 0.6 is 0 Å². The van der Waals surface area contributed by atoms with E-state index in [9.17, 15) is 13.2 Å². The maximum absolute atomic E-state index is 11.6. The van der Waals surface area contributed by atoms with Gasteiger partial charge in [-0.1, -0.05) is 0 Å². The lowest BCUT2D eigenvalue weighted by atomic mass is 10.2. The van der Waals surface area contributed by atoms with Gasteiger partial charge in [0, 0.05) is 14.1 Å². The Hall–Kier alpha value is -1.40. The number of carboxylic acid groups (broad SMARTS) is 1. The van der Waals surface area contributed by atoms with E-state index in [2.05, 4.69) is 0 Å². The summed E-state index contributed by atoms with van der Waals surface area (Å²) in [6.07, 6.45) is 0. The van der Waals surface area contributed by atoms with Gasteiger partial charge in [0.05, 0.1) is 10.5 Å². The Labute approximate surface area is 88.0 Å². The molecule has 0 aliphatic heterocycles. The van der Waals surface area contributed by atoms with Crippen LogP contribution in [0.2, 0.25) is 0 Å². The van der Waals surface area contributed by atoms with Crippen molar-refractivity contribution in [2.24, 2.45) is 0 Å². The van der Waals surface area contributed by atoms with Crippen LogP contribution in [0.5, 0.6) is 0 Å². The first-order valence-electron chi connectivity index (χ1n) is 4.11. The molecule has 0 bridgehead atoms. The van der Waals surface area contributed by atoms with Crippen LogP contribution in [0.25, 0.3) is 0 Å². The second kappa shape index (κ2) is 4.00. The van der Waals surface area contributed by atoms with Crippen LogP contribution in [0.1, 0.15) is 10.4 Å². The molecule has 0 amide bonds. The molecule has 82 valence electrons. The molecule has 0 aliphatic rings. The summed E-state index contributed by atoms with van der Waals surface area (Å²) in [5.41, 5.74) is 0.0627. The molecule has 1 N–H and O–H groups in total. The number of hydrogen-bond acceptors (Lipinski definition) is 3. The zero-order chi connectivity index (χ0) is 11.6. The first kappa shape index (κ1) is 11.7. The molecular formula is C9H11NO4S. The Morgan fingerprint density at radius 2 is 1.67 bits per heavy atom. The number of nitrogens with zero attached hydrogens (tertiary/aromatic N) is 1. The molecule has 0 unspecified atom stereocenters. The molecule has 0 spiro atoms. The minimum absolute atomic E-state index is 0.0627. The number of sulfonamides is 1. The highest BCUT2D eigenvalue weighted by molar-refractivity contribution is 7.89. The summed E-state index contributed by atoms with van der Waals surface area (Å²) in [6, 6.07) is 5.08. The number of benzene rings is 1. The van der Waals surface area contributed by atoms with E-state index in [-0.39, 0.29) is 10.5 Å². The Kier molecular flexibility index (Phi) is 3.11. The molecule has 1 rings (SSSR count). The number of hydrogen-bond donors (Lipinski definition) is 1. The average molecular weight is 229 g/mol. The summed E-state index contributed by atoms with van der Waals surface area (Å²) in [6.45, 7) is 0. The molecule has 0 saturated carbocycles. The van der Waals surface area contributed by atoms with E-state index >= 15 is 0 Å². The van der Waals surface area contributed by atoms with Crippen LogP contribution in [0.4, 0.5) is 0 Å². The number of carboxylic acids is 1. The van der Waals surface area contributed by atoms with Gasteiger partial charge in [-0.3, -0.25) is 0 Å². The van der Waals surface area contributed by atoms with Crippen molar-refractivity contribution in [3.05, 3.63) is 29.8 Å². The molecule has 0 heterocycles. The van der Waals surface area contributed by atoms with Crippen LogP contribution in [0.3, 0.4) is 0 Å². The maximum Gasteiger partial charge on any atom is 0.335 e. The number of aromatic carboxylic acids is 1. The van der Waals surface area contributed by atoms with Crippen molar-refractivity contribution in [2.45, 2.75) is 4.90 Å². The molecule has 1 aromatic carbocycles. The quantitative estimate of drug-likeness (QED) is 0.825. The van der Waals surface area contributed by atoms with E-state index in [1.165, 1.54) is 38.4 Å². The summed E-state index contributed by atoms with van der Waals surface area (Å²) >= 11 is 0. The standard InChI is InChI=1S/C9H11NO4S/c1-10(2)15(13,14)8-5-3-7(4-6-8)9(11)12/h3-6H,1-2H3,(H,11,12). The first-order valence-corrected chi connectivity index (χ1v) is 5.55. The minimum Gasteiger partial charge on any atom is -0.478 e. The summed E-state index contributed by atoms with van der Waals surface area (Å²) in [5.74, 6) is -1.08. The topological polar surface area (TPSA) is 74.7 Å². The lowest BCUT2D eigenvalue weighted by molar-refractivity contribution is 0.0697. The molecule has 1 aromatic rings. The van der Waals surface area contributed by atoms with Crippen molar-refractivity contribution < 1.29 is 18.3 Å². The van der Waals surface area contributed by atoms with Gasteiger partial charge in [-0.05, 0) is 24.3 Å². The van der Waals surface area contributed by atoms with Gasteiger partial charge in [0.15, 0.2) is 0 Å². The van der Waals surface area contributed by atoms with E-state index in [1.807, 2.05) is 0 Å². The Morgan fingerprint density at radius 3 is 2.00 bits per heavy atom. The second-order valence-electron chi connectivity index (χ2n) is 3.12. The maximum atomic E-state index is 11.6. The van der Waals surface area contributed by atoms with Gasteiger partial charge >= 0.3 is 5.97 Å². The van der Waals surface area contributed by atoms with E-state index in [4.69, 9.17) is 5.11 Å². The lowest BCUT2D eigenvalue weighted by Crippen LogP contribution is -2.22. The van der Waals surface area contributed by atoms with Crippen molar-refractivity contribution >= 4 is 16.0 Å². The SMILES string of the molecule is CN(C)S(=O)(=O)c1ccc(C(=O)O)cc1. The van der Waals surface area contributed by atoms with Crippen molar-refractivity contribution in [2.75, 3.05) is 14.1 Å². The number of carbonyl (C=O) groups is 1. The monoisotopic (exact) mass is 229 g/mol. The highest BCUT2D eigenvalue weighted by Crippen LogP contribution is 2.13. The third kappa shape index (κ3) is 2.34. The molecule has 0 fully saturated rings. The highest BCUT2D eigenvalue weighted by Gasteiger charge is 2.17. The van der Waals surface area contributed by atoms with Crippen LogP contribution in [-0.4, -0.2) is 37.9 Å². The van der Waals surface area contributed by atoms with Crippen LogP contribution in [0.15, 0.2) is 29.2 Å². The fourth-order valence-electron chi connectivity index (χ4n) is 0.980. The predicted octanol–water partition coefficient (Wildman–Crippen LogP) is 0.635. The largest absolute Gasteiger partial charge is 0.478 e. The van der Waals surface area contributed by atoms with Gasteiger partial charge in [-0.15, -0.1) is 0 Å². The summed E-state index contributed by atoms with van der Waals surface area (Å²) < 4.78 is 24.3. The van der Waals surface area contributed by atoms with Crippen LogP contribution in [0, 0.1) is 0 Å². The van der Waals surface area contributed by atoms with Gasteiger partial charge in [0.25, 0.3) is 0 Å². The van der Waals surface area contributed by atoms with E-state index in [0.29, 0.717) is 0 Å². The smallest absolute Gasteiger partial charge is 0.335 e. The van der Waals surface area contributed by atoms with E-state index in [0.717, 1.165) is 4.31 Å². The van der Waals surface area contributed by atoms with E-state index in [1.54, 1.807) is 0 Å². The first-order chi connectivity index (χ1) is 6.85. The Morgan fingerprint density at radius 1 is 1.20 bits per heavy atom. The van der Waals surface area contributed by atoms with E-state index < -0.39 is 16.0 Å². The van der Waals surface area contributed by atoms with Crippen molar-refractivity contribution in [1.82, 2.24) is 4.31 Å². The Bertz CT molecular complexity index is 461. The van der Waals surface area contributed by atoms with Gasteiger partial charge in [-0.25, -0.2) is 17.5 Å². The summed E-state index contributed by atoms with van der Waals surface area (Å²) in [4.78, 5) is 10.6. The summed E-state index contributed by atoms with van der Waals surface area (Å²) in [7, 11) is -0.645. The minimum atomic E-state index is -3.48. The van der Waals surface area contributed by atoms with Gasteiger partial charge < -0.3 is 5.11 Å². The predicted molar refractivity (Wildman–Crippen MR) is 54.3 cm³/mol. The molecule has 5 nitrogen and oxygen atoms in total. The molecule has 0 saturated heterocycles. The zero-order valence-electron chi connectivity index (χ0n) is 8.34. The second-order valence-corrected chi connectivity index (χ2v) is 5.27. The third-order valence-corrected chi connectivity index (χ3v) is 3.71. The van der Waals surface area contributed by atoms with Crippen LogP contribution in [-0.2, 0) is 10.0 Å². The molecule has 0 aliphatic carbocycles. The molecule has 0 atom stereocenters. The van der Waals surface area contributed by atoms with Crippen molar-refractivity contribution in [1.29, 1.82) is 0 Å². The van der Waals surface area contributed by atoms with Crippen LogP contribution < -0.4 is 0 Å². The summed E-state index contributed by atoms with van der Waals surface area (Å²) in [5, 5.41) is 8.63. The van der Waals surface area contributed by atoms with Crippen molar-refractivity contribution in [3.63, 3.8) is 0 Å². The molecule has 0 aromatic heterocycles. The fraction of sp³-hybridized carbons (Fsp3) is 0.222. The molecule has 15 heavy (non-hydrogen) atoms. The van der Waals surface area contributed by atoms with Gasteiger partial charge in [0.2, 0.25) is 10.0 Å². The van der Waals surface area contributed by atoms with Gasteiger partial charge in [-0.2, -0.15) is 0 Å². The Balaban J connectivity index is 3.15. The lowest BCUT2D eigenvalue weighted by Gasteiger charge is -2.10.